The number of rotatable bonds is 16. The summed E-state index contributed by atoms with van der Waals surface area (Å²) >= 11 is 0. The van der Waals surface area contributed by atoms with Gasteiger partial charge in [-0.05, 0) is 78.3 Å². The predicted molar refractivity (Wildman–Crippen MR) is 173 cm³/mol. The standard InChI is InChI=1S/C35H44O14/c1-43-25-10-7-21(15-29(25)46-4)34(42)47-18-30-31(39)32(40)33(41)35(49-30)48-26-9-6-20(14-28(26)45-3)12-23(17-37)22(16-36)11-19-5-8-24(38)27(13-19)44-2/h5-10,13-15,22-23,30-33,35-41H,11-12,16-18H2,1-4H3/t22-,23-,30+,31+,32-,33+,35+/m0/s1. The van der Waals surface area contributed by atoms with Gasteiger partial charge in [-0.2, -0.15) is 0 Å². The highest BCUT2D eigenvalue weighted by Gasteiger charge is 2.45. The van der Waals surface area contributed by atoms with Gasteiger partial charge in [0.05, 0.1) is 34.0 Å². The second kappa shape index (κ2) is 17.4. The summed E-state index contributed by atoms with van der Waals surface area (Å²) in [5.41, 5.74) is 1.72. The third kappa shape index (κ3) is 9.03. The maximum atomic E-state index is 12.7. The number of carbonyl (C=O) groups is 1. The molecule has 1 fully saturated rings. The Morgan fingerprint density at radius 3 is 1.84 bits per heavy atom. The van der Waals surface area contributed by atoms with Crippen LogP contribution in [-0.4, -0.2) is 116 Å². The van der Waals surface area contributed by atoms with E-state index in [-0.39, 0.29) is 47.9 Å². The van der Waals surface area contributed by atoms with Crippen molar-refractivity contribution in [3.05, 3.63) is 71.3 Å². The second-order valence-electron chi connectivity index (χ2n) is 11.6. The van der Waals surface area contributed by atoms with Crippen molar-refractivity contribution in [2.45, 2.75) is 43.5 Å². The van der Waals surface area contributed by atoms with Crippen LogP contribution in [0.25, 0.3) is 0 Å². The van der Waals surface area contributed by atoms with E-state index in [0.717, 1.165) is 11.1 Å². The van der Waals surface area contributed by atoms with Gasteiger partial charge in [0.15, 0.2) is 34.5 Å². The van der Waals surface area contributed by atoms with E-state index in [2.05, 4.69) is 0 Å². The highest BCUT2D eigenvalue weighted by Crippen LogP contribution is 2.35. The molecule has 14 heteroatoms. The fourth-order valence-electron chi connectivity index (χ4n) is 5.63. The third-order valence-corrected chi connectivity index (χ3v) is 8.51. The summed E-state index contributed by atoms with van der Waals surface area (Å²) in [6.45, 7) is -0.872. The van der Waals surface area contributed by atoms with Crippen molar-refractivity contribution in [1.82, 2.24) is 0 Å². The van der Waals surface area contributed by atoms with E-state index in [0.29, 0.717) is 30.1 Å². The van der Waals surface area contributed by atoms with Crippen molar-refractivity contribution in [3.63, 3.8) is 0 Å². The van der Waals surface area contributed by atoms with Gasteiger partial charge in [-0.15, -0.1) is 0 Å². The van der Waals surface area contributed by atoms with Crippen LogP contribution in [0.4, 0.5) is 0 Å². The van der Waals surface area contributed by atoms with Crippen LogP contribution in [0.2, 0.25) is 0 Å². The first kappa shape index (κ1) is 37.5. The minimum atomic E-state index is -1.69. The average molecular weight is 689 g/mol. The van der Waals surface area contributed by atoms with Crippen LogP contribution in [0.5, 0.6) is 34.5 Å². The summed E-state index contributed by atoms with van der Waals surface area (Å²) in [7, 11) is 5.74. The number of ether oxygens (including phenoxy) is 7. The predicted octanol–water partition coefficient (Wildman–Crippen LogP) is 1.47. The first-order chi connectivity index (χ1) is 23.6. The van der Waals surface area contributed by atoms with Crippen LogP contribution in [0.1, 0.15) is 21.5 Å². The first-order valence-electron chi connectivity index (χ1n) is 15.6. The van der Waals surface area contributed by atoms with Gasteiger partial charge in [0.25, 0.3) is 0 Å². The van der Waals surface area contributed by atoms with Crippen molar-refractivity contribution < 1.29 is 68.6 Å². The van der Waals surface area contributed by atoms with E-state index in [1.54, 1.807) is 30.3 Å². The Bertz CT molecular complexity index is 1530. The molecule has 0 radical (unpaired) electrons. The first-order valence-corrected chi connectivity index (χ1v) is 15.6. The molecule has 0 aliphatic carbocycles. The molecule has 1 saturated heterocycles. The second-order valence-corrected chi connectivity index (χ2v) is 11.6. The molecule has 49 heavy (non-hydrogen) atoms. The summed E-state index contributed by atoms with van der Waals surface area (Å²) in [6, 6.07) is 14.3. The zero-order valence-electron chi connectivity index (χ0n) is 27.7. The Labute approximate surface area is 283 Å². The van der Waals surface area contributed by atoms with Crippen LogP contribution in [0, 0.1) is 11.8 Å². The van der Waals surface area contributed by atoms with E-state index in [1.165, 1.54) is 52.7 Å². The Morgan fingerprint density at radius 2 is 1.24 bits per heavy atom. The van der Waals surface area contributed by atoms with E-state index in [4.69, 9.17) is 33.2 Å². The number of hydrogen-bond donors (Lipinski definition) is 6. The number of phenols is 1. The number of aliphatic hydroxyl groups excluding tert-OH is 5. The molecule has 0 spiro atoms. The zero-order valence-corrected chi connectivity index (χ0v) is 27.7. The molecule has 0 saturated carbocycles. The van der Waals surface area contributed by atoms with Crippen LogP contribution in [0.3, 0.4) is 0 Å². The molecule has 4 rings (SSSR count). The molecule has 268 valence electrons. The number of aliphatic hydroxyl groups is 5. The molecule has 0 amide bonds. The van der Waals surface area contributed by atoms with Crippen molar-refractivity contribution >= 4 is 5.97 Å². The quantitative estimate of drug-likeness (QED) is 0.118. The summed E-state index contributed by atoms with van der Waals surface area (Å²) in [5, 5.41) is 62.1. The number of phenolic OH excluding ortho intramolecular Hbond substituents is 1. The molecule has 0 aromatic heterocycles. The van der Waals surface area contributed by atoms with E-state index >= 15 is 0 Å². The number of hydrogen-bond acceptors (Lipinski definition) is 14. The van der Waals surface area contributed by atoms with Gasteiger partial charge in [-0.3, -0.25) is 0 Å². The molecule has 14 nitrogen and oxygen atoms in total. The lowest BCUT2D eigenvalue weighted by Crippen LogP contribution is -2.60. The largest absolute Gasteiger partial charge is 0.504 e. The minimum absolute atomic E-state index is 0.00167. The number of methoxy groups -OCH3 is 4. The fourth-order valence-corrected chi connectivity index (χ4v) is 5.63. The zero-order chi connectivity index (χ0) is 35.7. The number of aromatic hydroxyl groups is 1. The highest BCUT2D eigenvalue weighted by atomic mass is 16.7. The maximum absolute atomic E-state index is 12.7. The molecule has 0 unspecified atom stereocenters. The number of benzene rings is 3. The normalized spacial score (nSPS) is 21.7. The van der Waals surface area contributed by atoms with Crippen molar-refractivity contribution in [2.75, 3.05) is 48.3 Å². The smallest absolute Gasteiger partial charge is 0.338 e. The Morgan fingerprint density at radius 1 is 0.694 bits per heavy atom. The summed E-state index contributed by atoms with van der Waals surface area (Å²) in [6.07, 6.45) is -6.90. The third-order valence-electron chi connectivity index (χ3n) is 8.51. The van der Waals surface area contributed by atoms with Gasteiger partial charge in [0.1, 0.15) is 31.0 Å². The van der Waals surface area contributed by atoms with Crippen molar-refractivity contribution in [3.8, 4) is 34.5 Å². The average Bonchev–Trinajstić information content (AvgIpc) is 3.13. The molecule has 1 heterocycles. The number of esters is 1. The lowest BCUT2D eigenvalue weighted by Gasteiger charge is -2.40. The summed E-state index contributed by atoms with van der Waals surface area (Å²) in [5.74, 6) is 0.0310. The molecular formula is C35H44O14. The fraction of sp³-hybridized carbons (Fsp3) is 0.457. The monoisotopic (exact) mass is 688 g/mol. The van der Waals surface area contributed by atoms with E-state index in [1.807, 2.05) is 0 Å². The van der Waals surface area contributed by atoms with Gasteiger partial charge in [0.2, 0.25) is 6.29 Å². The molecule has 1 aliphatic rings. The SMILES string of the molecule is COc1cc(C[C@@H](CO)[C@H](CO)Cc2ccc(O[C@@H]3O[C@H](COC(=O)c4ccc(OC)c(OC)c4)[C@@H](O)[C@H](O)[C@H]3O)c(OC)c2)ccc1O. The van der Waals surface area contributed by atoms with Gasteiger partial charge in [-0.1, -0.05) is 12.1 Å². The molecule has 0 bridgehead atoms. The molecule has 3 aromatic carbocycles. The lowest BCUT2D eigenvalue weighted by atomic mass is 9.83. The molecule has 7 atom stereocenters. The van der Waals surface area contributed by atoms with Crippen LogP contribution >= 0.6 is 0 Å². The van der Waals surface area contributed by atoms with Gasteiger partial charge in [-0.25, -0.2) is 4.79 Å². The van der Waals surface area contributed by atoms with Gasteiger partial charge >= 0.3 is 5.97 Å². The Hall–Kier alpha value is -4.31. The van der Waals surface area contributed by atoms with Crippen LogP contribution in [0.15, 0.2) is 54.6 Å². The van der Waals surface area contributed by atoms with Crippen molar-refractivity contribution in [2.24, 2.45) is 11.8 Å². The Balaban J connectivity index is 1.43. The molecular weight excluding hydrogens is 644 g/mol. The molecule has 6 N–H and O–H groups in total. The van der Waals surface area contributed by atoms with Crippen molar-refractivity contribution in [1.29, 1.82) is 0 Å². The Kier molecular flexibility index (Phi) is 13.3. The van der Waals surface area contributed by atoms with E-state index < -0.39 is 43.3 Å². The van der Waals surface area contributed by atoms with Gasteiger partial charge in [0, 0.05) is 13.2 Å². The highest BCUT2D eigenvalue weighted by molar-refractivity contribution is 5.90. The molecule has 1 aliphatic heterocycles. The minimum Gasteiger partial charge on any atom is -0.504 e. The van der Waals surface area contributed by atoms with Crippen LogP contribution < -0.4 is 23.7 Å². The lowest BCUT2D eigenvalue weighted by molar-refractivity contribution is -0.277. The van der Waals surface area contributed by atoms with Crippen LogP contribution in [-0.2, 0) is 22.3 Å². The summed E-state index contributed by atoms with van der Waals surface area (Å²) < 4.78 is 38.1. The topological polar surface area (TPSA) is 203 Å². The van der Waals surface area contributed by atoms with E-state index in [9.17, 15) is 35.4 Å². The van der Waals surface area contributed by atoms with Gasteiger partial charge < -0.3 is 63.8 Å². The number of carbonyl (C=O) groups excluding carboxylic acids is 1. The summed E-state index contributed by atoms with van der Waals surface area (Å²) in [4.78, 5) is 12.7. The maximum Gasteiger partial charge on any atom is 0.338 e. The molecule has 3 aromatic rings.